The Morgan fingerprint density at radius 2 is 2.03 bits per heavy atom. The van der Waals surface area contributed by atoms with E-state index in [0.717, 1.165) is 5.56 Å². The topological polar surface area (TPSA) is 114 Å². The molecule has 29 heavy (non-hydrogen) atoms. The van der Waals surface area contributed by atoms with E-state index in [4.69, 9.17) is 14.0 Å². The molecule has 3 rings (SSSR count). The number of benzene rings is 1. The maximum atomic E-state index is 12.7. The minimum absolute atomic E-state index is 0.00693. The number of aliphatic hydroxyl groups is 1. The van der Waals surface area contributed by atoms with Gasteiger partial charge in [0.15, 0.2) is 11.5 Å². The van der Waals surface area contributed by atoms with Gasteiger partial charge in [0.2, 0.25) is 11.8 Å². The van der Waals surface area contributed by atoms with E-state index in [0.29, 0.717) is 23.0 Å². The number of amides is 2. The van der Waals surface area contributed by atoms with Crippen LogP contribution in [-0.2, 0) is 22.6 Å². The first-order valence-corrected chi connectivity index (χ1v) is 9.29. The first-order valence-electron chi connectivity index (χ1n) is 9.29. The third-order valence-electron chi connectivity index (χ3n) is 4.82. The van der Waals surface area contributed by atoms with E-state index >= 15 is 0 Å². The van der Waals surface area contributed by atoms with Crippen LogP contribution in [0.2, 0.25) is 0 Å². The van der Waals surface area contributed by atoms with Crippen molar-refractivity contribution < 1.29 is 28.7 Å². The van der Waals surface area contributed by atoms with Crippen molar-refractivity contribution >= 4 is 11.8 Å². The molecule has 2 heterocycles. The van der Waals surface area contributed by atoms with Crippen molar-refractivity contribution in [3.8, 4) is 11.5 Å². The van der Waals surface area contributed by atoms with Gasteiger partial charge < -0.3 is 29.3 Å². The van der Waals surface area contributed by atoms with Gasteiger partial charge in [0.05, 0.1) is 32.4 Å². The number of β-amino-alcohol motifs (C(OH)–C–C–N with tert-alkyl or cyclic N) is 1. The molecule has 1 saturated heterocycles. The van der Waals surface area contributed by atoms with Gasteiger partial charge in [-0.25, -0.2) is 0 Å². The fourth-order valence-electron chi connectivity index (χ4n) is 3.39. The van der Waals surface area contributed by atoms with Crippen LogP contribution in [0.25, 0.3) is 0 Å². The van der Waals surface area contributed by atoms with Gasteiger partial charge in [0.1, 0.15) is 11.8 Å². The summed E-state index contributed by atoms with van der Waals surface area (Å²) in [6.45, 7) is 2.14. The fraction of sp³-hybridized carbons (Fsp3) is 0.450. The largest absolute Gasteiger partial charge is 0.493 e. The van der Waals surface area contributed by atoms with Crippen molar-refractivity contribution in [1.82, 2.24) is 15.4 Å². The average Bonchev–Trinajstić information content (AvgIpc) is 3.31. The van der Waals surface area contributed by atoms with E-state index < -0.39 is 12.1 Å². The number of hydrogen-bond acceptors (Lipinski definition) is 7. The molecule has 9 heteroatoms. The summed E-state index contributed by atoms with van der Waals surface area (Å²) in [5, 5.41) is 16.6. The highest BCUT2D eigenvalue weighted by molar-refractivity contribution is 5.89. The minimum Gasteiger partial charge on any atom is -0.493 e. The van der Waals surface area contributed by atoms with Crippen LogP contribution in [-0.4, -0.2) is 59.9 Å². The van der Waals surface area contributed by atoms with Crippen molar-refractivity contribution in [3.63, 3.8) is 0 Å². The number of aryl methyl sites for hydroxylation is 1. The Kier molecular flexibility index (Phi) is 6.38. The zero-order valence-corrected chi connectivity index (χ0v) is 16.7. The Morgan fingerprint density at radius 1 is 1.28 bits per heavy atom. The number of ether oxygens (including phenoxy) is 2. The van der Waals surface area contributed by atoms with E-state index in [1.54, 1.807) is 39.3 Å². The molecule has 1 aromatic carbocycles. The number of carbonyl (C=O) groups excluding carboxylic acids is 2. The van der Waals surface area contributed by atoms with Crippen LogP contribution in [0.3, 0.4) is 0 Å². The molecule has 0 spiro atoms. The maximum Gasteiger partial charge on any atom is 0.243 e. The van der Waals surface area contributed by atoms with E-state index in [1.165, 1.54) is 4.90 Å². The molecule has 1 fully saturated rings. The maximum absolute atomic E-state index is 12.7. The van der Waals surface area contributed by atoms with Gasteiger partial charge in [0.25, 0.3) is 0 Å². The lowest BCUT2D eigenvalue weighted by Crippen LogP contribution is -2.46. The van der Waals surface area contributed by atoms with Crippen molar-refractivity contribution in [1.29, 1.82) is 0 Å². The van der Waals surface area contributed by atoms with Crippen molar-refractivity contribution in [2.24, 2.45) is 0 Å². The number of rotatable bonds is 7. The van der Waals surface area contributed by atoms with Crippen LogP contribution < -0.4 is 14.8 Å². The molecule has 0 aliphatic carbocycles. The van der Waals surface area contributed by atoms with Crippen LogP contribution in [0.15, 0.2) is 28.8 Å². The summed E-state index contributed by atoms with van der Waals surface area (Å²) in [5.41, 5.74) is 1.50. The molecule has 1 aliphatic rings. The van der Waals surface area contributed by atoms with Crippen LogP contribution in [0.4, 0.5) is 0 Å². The third kappa shape index (κ3) is 4.86. The second-order valence-corrected chi connectivity index (χ2v) is 6.97. The summed E-state index contributed by atoms with van der Waals surface area (Å²) < 4.78 is 15.6. The molecule has 1 aliphatic heterocycles. The van der Waals surface area contributed by atoms with Gasteiger partial charge in [-0.3, -0.25) is 9.59 Å². The predicted octanol–water partition coefficient (Wildman–Crippen LogP) is 0.821. The monoisotopic (exact) mass is 403 g/mol. The number of nitrogens with zero attached hydrogens (tertiary/aromatic N) is 2. The van der Waals surface area contributed by atoms with Crippen LogP contribution in [0.1, 0.15) is 23.4 Å². The number of likely N-dealkylation sites (tertiary alicyclic amines) is 1. The van der Waals surface area contributed by atoms with Crippen molar-refractivity contribution in [3.05, 3.63) is 41.3 Å². The summed E-state index contributed by atoms with van der Waals surface area (Å²) in [6, 6.07) is 6.30. The summed E-state index contributed by atoms with van der Waals surface area (Å²) in [4.78, 5) is 26.7. The molecule has 0 bridgehead atoms. The lowest BCUT2D eigenvalue weighted by atomic mass is 10.1. The average molecular weight is 403 g/mol. The van der Waals surface area contributed by atoms with Gasteiger partial charge >= 0.3 is 0 Å². The Hall–Kier alpha value is -3.07. The number of carbonyl (C=O) groups is 2. The predicted molar refractivity (Wildman–Crippen MR) is 102 cm³/mol. The Bertz CT molecular complexity index is 881. The van der Waals surface area contributed by atoms with Crippen LogP contribution >= 0.6 is 0 Å². The van der Waals surface area contributed by atoms with Gasteiger partial charge in [-0.05, 0) is 24.6 Å². The van der Waals surface area contributed by atoms with Gasteiger partial charge in [-0.2, -0.15) is 0 Å². The summed E-state index contributed by atoms with van der Waals surface area (Å²) in [7, 11) is 3.09. The van der Waals surface area contributed by atoms with E-state index in [-0.39, 0.29) is 37.7 Å². The summed E-state index contributed by atoms with van der Waals surface area (Å²) >= 11 is 0. The zero-order chi connectivity index (χ0) is 21.0. The quantitative estimate of drug-likeness (QED) is 0.703. The zero-order valence-electron chi connectivity index (χ0n) is 16.7. The number of hydrogen-bond donors (Lipinski definition) is 2. The summed E-state index contributed by atoms with van der Waals surface area (Å²) in [6.07, 6.45) is -0.557. The van der Waals surface area contributed by atoms with Crippen LogP contribution in [0, 0.1) is 6.92 Å². The standard InChI is InChI=1S/C20H25N3O6/c1-12-6-15(29-22-12)9-19(25)23-11-14(24)8-16(23)20(26)21-10-13-4-5-17(27-2)18(7-13)28-3/h4-7,14,16,24H,8-11H2,1-3H3,(H,21,26). The number of nitrogens with one attached hydrogen (secondary N) is 1. The highest BCUT2D eigenvalue weighted by Crippen LogP contribution is 2.27. The van der Waals surface area contributed by atoms with Crippen molar-refractivity contribution in [2.45, 2.75) is 38.5 Å². The molecule has 2 unspecified atom stereocenters. The molecule has 2 amide bonds. The highest BCUT2D eigenvalue weighted by atomic mass is 16.5. The number of aromatic nitrogens is 1. The molecule has 2 aromatic rings. The molecule has 0 radical (unpaired) electrons. The molecule has 156 valence electrons. The normalized spacial score (nSPS) is 18.6. The summed E-state index contributed by atoms with van der Waals surface area (Å²) in [5.74, 6) is 0.983. The Labute approximate surface area is 168 Å². The van der Waals surface area contributed by atoms with E-state index in [1.807, 2.05) is 6.07 Å². The third-order valence-corrected chi connectivity index (χ3v) is 4.82. The van der Waals surface area contributed by atoms with Gasteiger partial charge in [-0.15, -0.1) is 0 Å². The lowest BCUT2D eigenvalue weighted by molar-refractivity contribution is -0.138. The molecule has 2 N–H and O–H groups in total. The van der Waals surface area contributed by atoms with Crippen LogP contribution in [0.5, 0.6) is 11.5 Å². The lowest BCUT2D eigenvalue weighted by Gasteiger charge is -2.23. The van der Waals surface area contributed by atoms with E-state index in [2.05, 4.69) is 10.5 Å². The van der Waals surface area contributed by atoms with Gasteiger partial charge in [0, 0.05) is 25.6 Å². The smallest absolute Gasteiger partial charge is 0.243 e. The molecule has 2 atom stereocenters. The number of methoxy groups -OCH3 is 2. The Balaban J connectivity index is 1.63. The SMILES string of the molecule is COc1ccc(CNC(=O)C2CC(O)CN2C(=O)Cc2cc(C)no2)cc1OC. The molecule has 9 nitrogen and oxygen atoms in total. The fourth-order valence-corrected chi connectivity index (χ4v) is 3.39. The second-order valence-electron chi connectivity index (χ2n) is 6.97. The number of aliphatic hydroxyl groups excluding tert-OH is 1. The second kappa shape index (κ2) is 8.95. The van der Waals surface area contributed by atoms with Crippen molar-refractivity contribution in [2.75, 3.05) is 20.8 Å². The molecule has 0 saturated carbocycles. The van der Waals surface area contributed by atoms with Gasteiger partial charge in [-0.1, -0.05) is 11.2 Å². The molecular weight excluding hydrogens is 378 g/mol. The molecular formula is C20H25N3O6. The Morgan fingerprint density at radius 3 is 2.69 bits per heavy atom. The molecule has 1 aromatic heterocycles. The first-order chi connectivity index (χ1) is 13.9. The minimum atomic E-state index is -0.743. The van der Waals surface area contributed by atoms with E-state index in [9.17, 15) is 14.7 Å². The first kappa shape index (κ1) is 20.7. The highest BCUT2D eigenvalue weighted by Gasteiger charge is 2.38.